The summed E-state index contributed by atoms with van der Waals surface area (Å²) in [6.45, 7) is 1.73. The highest BCUT2D eigenvalue weighted by molar-refractivity contribution is 6.52. The molecule has 0 radical (unpaired) electrons. The van der Waals surface area contributed by atoms with Crippen LogP contribution in [0, 0.1) is 17.3 Å². The van der Waals surface area contributed by atoms with Gasteiger partial charge in [-0.2, -0.15) is 0 Å². The molecule has 3 nitrogen and oxygen atoms in total. The minimum Gasteiger partial charge on any atom is -0.482 e. The van der Waals surface area contributed by atoms with Gasteiger partial charge < -0.3 is 10.5 Å². The number of ether oxygens (including phenoxy) is 1. The maximum absolute atomic E-state index is 14.1. The Bertz CT molecular complexity index is 1610. The van der Waals surface area contributed by atoms with Crippen molar-refractivity contribution in [1.29, 1.82) is 0 Å². The molecule has 41 heavy (non-hydrogen) atoms. The Kier molecular flexibility index (Phi) is 8.75. The molecular formula is C34H27Cl2FN2OSi. The first-order valence-corrected chi connectivity index (χ1v) is 15.3. The summed E-state index contributed by atoms with van der Waals surface area (Å²) in [5, 5.41) is -0.148. The van der Waals surface area contributed by atoms with Gasteiger partial charge in [0.25, 0.3) is 0 Å². The highest BCUT2D eigenvalue weighted by Gasteiger charge is 2.36. The minimum absolute atomic E-state index is 0.0856. The van der Waals surface area contributed by atoms with Crippen molar-refractivity contribution in [3.63, 3.8) is 0 Å². The van der Waals surface area contributed by atoms with Crippen molar-refractivity contribution in [2.24, 2.45) is 0 Å². The molecule has 7 heteroatoms. The zero-order valence-corrected chi connectivity index (χ0v) is 25.2. The number of hydrogen-bond acceptors (Lipinski definition) is 3. The minimum atomic E-state index is -1.16. The Morgan fingerprint density at radius 3 is 1.93 bits per heavy atom. The lowest BCUT2D eigenvalue weighted by molar-refractivity contribution is 0.227. The van der Waals surface area contributed by atoms with E-state index in [-0.39, 0.29) is 15.9 Å². The van der Waals surface area contributed by atoms with Crippen molar-refractivity contribution in [3.05, 3.63) is 159 Å². The van der Waals surface area contributed by atoms with Crippen LogP contribution in [-0.4, -0.2) is 14.5 Å². The van der Waals surface area contributed by atoms with Gasteiger partial charge >= 0.3 is 0 Å². The van der Waals surface area contributed by atoms with E-state index in [0.29, 0.717) is 21.9 Å². The van der Waals surface area contributed by atoms with E-state index in [0.717, 1.165) is 0 Å². The molecule has 5 rings (SSSR count). The van der Waals surface area contributed by atoms with Crippen LogP contribution in [0.3, 0.4) is 0 Å². The normalized spacial score (nSPS) is 12.1. The number of nitrogens with two attached hydrogens (primary N) is 1. The number of halogens is 3. The van der Waals surface area contributed by atoms with Gasteiger partial charge in [-0.05, 0) is 35.7 Å². The predicted molar refractivity (Wildman–Crippen MR) is 169 cm³/mol. The largest absolute Gasteiger partial charge is 0.482 e. The summed E-state index contributed by atoms with van der Waals surface area (Å²) < 4.78 is 20.2. The Balaban J connectivity index is 1.51. The monoisotopic (exact) mass is 596 g/mol. The van der Waals surface area contributed by atoms with Gasteiger partial charge in [-0.25, -0.2) is 9.37 Å². The number of aromatic nitrogens is 1. The molecule has 0 spiro atoms. The van der Waals surface area contributed by atoms with Gasteiger partial charge in [0.15, 0.2) is 11.6 Å². The molecule has 0 bridgehead atoms. The average Bonchev–Trinajstić information content (AvgIpc) is 3.00. The van der Waals surface area contributed by atoms with Crippen LogP contribution >= 0.6 is 23.2 Å². The van der Waals surface area contributed by atoms with E-state index in [1.54, 1.807) is 19.2 Å². The van der Waals surface area contributed by atoms with Crippen molar-refractivity contribution >= 4 is 38.5 Å². The lowest BCUT2D eigenvalue weighted by Crippen LogP contribution is -2.35. The van der Waals surface area contributed by atoms with Crippen molar-refractivity contribution in [2.45, 2.75) is 18.1 Å². The summed E-state index contributed by atoms with van der Waals surface area (Å²) in [6.07, 6.45) is 0.959. The topological polar surface area (TPSA) is 48.1 Å². The smallest absolute Gasteiger partial charge is 0.166 e. The third-order valence-electron chi connectivity index (χ3n) is 7.06. The molecule has 2 N–H and O–H groups in total. The van der Waals surface area contributed by atoms with Gasteiger partial charge in [-0.1, -0.05) is 120 Å². The molecule has 5 aromatic rings. The van der Waals surface area contributed by atoms with Crippen LogP contribution in [0.25, 0.3) is 0 Å². The number of hydrogen-bond donors (Lipinski definition) is 1. The fraction of sp³-hybridized carbons (Fsp3) is 0.0882. The molecule has 1 aromatic heterocycles. The Morgan fingerprint density at radius 1 is 0.854 bits per heavy atom. The predicted octanol–water partition coefficient (Wildman–Crippen LogP) is 7.72. The standard InChI is InChI=1S/C34H27Cl2FN2OSi/c1-23(31-28(35)17-18-29(37)32(31)36)40-30-21-24(22-39-33(30)38)19-20-41-34(25-11-5-2-6-12-25,26-13-7-3-8-14-26)27-15-9-4-10-16-27/h2-18,21-23H,41H2,1H3,(H2,38,39)/t23-/m0/s1. The average molecular weight is 598 g/mol. The van der Waals surface area contributed by atoms with Crippen LogP contribution in [-0.2, 0) is 5.04 Å². The molecule has 204 valence electrons. The summed E-state index contributed by atoms with van der Waals surface area (Å²) in [7, 11) is -1.16. The van der Waals surface area contributed by atoms with Crippen molar-refractivity contribution in [2.75, 3.05) is 5.73 Å². The highest BCUT2D eigenvalue weighted by atomic mass is 35.5. The van der Waals surface area contributed by atoms with E-state index in [1.807, 2.05) is 18.2 Å². The number of pyridine rings is 1. The van der Waals surface area contributed by atoms with E-state index in [2.05, 4.69) is 89.2 Å². The van der Waals surface area contributed by atoms with Gasteiger partial charge in [0.2, 0.25) is 0 Å². The number of nitrogen functional groups attached to an aromatic ring is 1. The first-order chi connectivity index (χ1) is 19.9. The summed E-state index contributed by atoms with van der Waals surface area (Å²) >= 11 is 12.5. The van der Waals surface area contributed by atoms with Gasteiger partial charge in [0.05, 0.1) is 5.02 Å². The summed E-state index contributed by atoms with van der Waals surface area (Å²) in [5.74, 6) is 3.26. The molecule has 0 aliphatic carbocycles. The van der Waals surface area contributed by atoms with Crippen molar-refractivity contribution < 1.29 is 9.13 Å². The van der Waals surface area contributed by atoms with Gasteiger partial charge in [-0.15, -0.1) is 5.54 Å². The summed E-state index contributed by atoms with van der Waals surface area (Å²) in [4.78, 5) is 4.30. The first-order valence-electron chi connectivity index (χ1n) is 13.1. The third-order valence-corrected chi connectivity index (χ3v) is 9.88. The fourth-order valence-corrected chi connectivity index (χ4v) is 7.59. The van der Waals surface area contributed by atoms with E-state index < -0.39 is 21.4 Å². The fourth-order valence-electron chi connectivity index (χ4n) is 5.04. The molecule has 0 amide bonds. The van der Waals surface area contributed by atoms with Crippen molar-refractivity contribution in [1.82, 2.24) is 4.98 Å². The maximum Gasteiger partial charge on any atom is 0.166 e. The van der Waals surface area contributed by atoms with E-state index in [9.17, 15) is 4.39 Å². The second kappa shape index (κ2) is 12.6. The number of rotatable bonds is 7. The molecule has 0 aliphatic rings. The molecule has 0 saturated carbocycles. The molecular weight excluding hydrogens is 570 g/mol. The number of anilines is 1. The molecule has 0 unspecified atom stereocenters. The van der Waals surface area contributed by atoms with Crippen molar-refractivity contribution in [3.8, 4) is 17.2 Å². The van der Waals surface area contributed by atoms with Crippen LogP contribution < -0.4 is 10.5 Å². The maximum atomic E-state index is 14.1. The zero-order valence-electron chi connectivity index (χ0n) is 22.3. The second-order valence-electron chi connectivity index (χ2n) is 9.61. The Labute approximate surface area is 252 Å². The van der Waals surface area contributed by atoms with E-state index >= 15 is 0 Å². The van der Waals surface area contributed by atoms with E-state index in [4.69, 9.17) is 33.7 Å². The molecule has 4 aromatic carbocycles. The second-order valence-corrected chi connectivity index (χ2v) is 12.2. The van der Waals surface area contributed by atoms with Crippen LogP contribution in [0.15, 0.2) is 115 Å². The zero-order chi connectivity index (χ0) is 28.8. The van der Waals surface area contributed by atoms with Gasteiger partial charge in [0.1, 0.15) is 21.4 Å². The van der Waals surface area contributed by atoms with Crippen LogP contribution in [0.4, 0.5) is 10.2 Å². The molecule has 1 heterocycles. The van der Waals surface area contributed by atoms with Gasteiger partial charge in [0, 0.05) is 33.5 Å². The highest BCUT2D eigenvalue weighted by Crippen LogP contribution is 2.38. The Morgan fingerprint density at radius 2 is 1.39 bits per heavy atom. The first kappa shape index (κ1) is 28.4. The lowest BCUT2D eigenvalue weighted by atomic mass is 9.84. The quantitative estimate of drug-likeness (QED) is 0.0905. The molecule has 0 fully saturated rings. The van der Waals surface area contributed by atoms with Crippen LogP contribution in [0.1, 0.15) is 40.8 Å². The number of nitrogens with zero attached hydrogens (tertiary/aromatic N) is 1. The molecule has 1 atom stereocenters. The van der Waals surface area contributed by atoms with Gasteiger partial charge in [-0.3, -0.25) is 0 Å². The number of benzene rings is 4. The van der Waals surface area contributed by atoms with E-state index in [1.165, 1.54) is 28.8 Å². The summed E-state index contributed by atoms with van der Waals surface area (Å²) in [5.41, 5.74) is 14.3. The lowest BCUT2D eigenvalue weighted by Gasteiger charge is -2.34. The molecule has 0 aliphatic heterocycles. The SMILES string of the molecule is C[C@H](Oc1cc(C#C[SiH2]C(c2ccccc2)(c2ccccc2)c2ccccc2)cnc1N)c1c(Cl)ccc(F)c1Cl. The van der Waals surface area contributed by atoms with Crippen LogP contribution in [0.5, 0.6) is 5.75 Å². The molecule has 0 saturated heterocycles. The summed E-state index contributed by atoms with van der Waals surface area (Å²) in [6, 6.07) is 36.0. The Hall–Kier alpha value is -4.08. The van der Waals surface area contributed by atoms with Crippen LogP contribution in [0.2, 0.25) is 10.0 Å². The third kappa shape index (κ3) is 6.01.